The highest BCUT2D eigenvalue weighted by atomic mass is 16.5. The number of esters is 2. The van der Waals surface area contributed by atoms with Crippen LogP contribution in [0.25, 0.3) is 12.2 Å². The van der Waals surface area contributed by atoms with E-state index in [1.165, 1.54) is 13.8 Å². The van der Waals surface area contributed by atoms with Crippen LogP contribution in [0.1, 0.15) is 25.0 Å². The van der Waals surface area contributed by atoms with Crippen LogP contribution in [0, 0.1) is 0 Å². The summed E-state index contributed by atoms with van der Waals surface area (Å²) in [5.41, 5.74) is 1.89. The zero-order valence-electron chi connectivity index (χ0n) is 12.4. The number of ether oxygens (including phenoxy) is 2. The number of carbonyl (C=O) groups is 2. The third kappa shape index (κ3) is 4.90. The fourth-order valence-corrected chi connectivity index (χ4v) is 1.85. The predicted molar refractivity (Wildman–Crippen MR) is 84.4 cm³/mol. The lowest BCUT2D eigenvalue weighted by Crippen LogP contribution is -2.01. The molecule has 0 bridgehead atoms. The average molecular weight is 296 g/mol. The number of carbonyl (C=O) groups excluding carboxylic acids is 2. The number of rotatable bonds is 4. The van der Waals surface area contributed by atoms with Crippen LogP contribution in [0.2, 0.25) is 0 Å². The van der Waals surface area contributed by atoms with E-state index in [4.69, 9.17) is 9.47 Å². The number of benzene rings is 2. The fourth-order valence-electron chi connectivity index (χ4n) is 1.85. The molecule has 0 saturated carbocycles. The van der Waals surface area contributed by atoms with Crippen molar-refractivity contribution < 1.29 is 19.1 Å². The Labute approximate surface area is 129 Å². The molecule has 2 rings (SSSR count). The minimum atomic E-state index is -0.345. The number of hydrogen-bond donors (Lipinski definition) is 0. The molecule has 22 heavy (non-hydrogen) atoms. The highest BCUT2D eigenvalue weighted by Gasteiger charge is 1.99. The molecule has 0 aliphatic rings. The lowest BCUT2D eigenvalue weighted by atomic mass is 10.1. The van der Waals surface area contributed by atoms with Gasteiger partial charge in [0.25, 0.3) is 0 Å². The summed E-state index contributed by atoms with van der Waals surface area (Å²) >= 11 is 0. The van der Waals surface area contributed by atoms with E-state index < -0.39 is 0 Å². The Morgan fingerprint density at radius 1 is 0.773 bits per heavy atom. The highest BCUT2D eigenvalue weighted by Crippen LogP contribution is 2.17. The van der Waals surface area contributed by atoms with Gasteiger partial charge in [-0.25, -0.2) is 0 Å². The molecule has 4 nitrogen and oxygen atoms in total. The van der Waals surface area contributed by atoms with E-state index in [2.05, 4.69) is 0 Å². The first-order valence-corrected chi connectivity index (χ1v) is 6.78. The van der Waals surface area contributed by atoms with E-state index in [1.54, 1.807) is 24.3 Å². The van der Waals surface area contributed by atoms with Gasteiger partial charge in [0.05, 0.1) is 0 Å². The molecule has 112 valence electrons. The Morgan fingerprint density at radius 2 is 1.36 bits per heavy atom. The van der Waals surface area contributed by atoms with Gasteiger partial charge in [-0.15, -0.1) is 0 Å². The average Bonchev–Trinajstić information content (AvgIpc) is 2.46. The maximum Gasteiger partial charge on any atom is 0.308 e. The van der Waals surface area contributed by atoms with Crippen molar-refractivity contribution >= 4 is 24.1 Å². The lowest BCUT2D eigenvalue weighted by Gasteiger charge is -2.02. The second-order valence-corrected chi connectivity index (χ2v) is 4.66. The minimum absolute atomic E-state index is 0.342. The summed E-state index contributed by atoms with van der Waals surface area (Å²) in [6, 6.07) is 14.4. The van der Waals surface area contributed by atoms with Crippen LogP contribution < -0.4 is 9.47 Å². The van der Waals surface area contributed by atoms with Gasteiger partial charge in [0.1, 0.15) is 11.5 Å². The third-order valence-corrected chi connectivity index (χ3v) is 2.73. The molecule has 0 heterocycles. The normalized spacial score (nSPS) is 10.5. The highest BCUT2D eigenvalue weighted by molar-refractivity contribution is 5.73. The Balaban J connectivity index is 2.08. The van der Waals surface area contributed by atoms with Crippen molar-refractivity contribution in [2.75, 3.05) is 0 Å². The van der Waals surface area contributed by atoms with Gasteiger partial charge >= 0.3 is 11.9 Å². The third-order valence-electron chi connectivity index (χ3n) is 2.73. The van der Waals surface area contributed by atoms with Gasteiger partial charge in [-0.05, 0) is 35.4 Å². The van der Waals surface area contributed by atoms with Gasteiger partial charge in [0.2, 0.25) is 0 Å². The predicted octanol–water partition coefficient (Wildman–Crippen LogP) is 3.71. The molecule has 0 aliphatic carbocycles. The van der Waals surface area contributed by atoms with Gasteiger partial charge < -0.3 is 9.47 Å². The lowest BCUT2D eigenvalue weighted by molar-refractivity contribution is -0.132. The second-order valence-electron chi connectivity index (χ2n) is 4.66. The summed E-state index contributed by atoms with van der Waals surface area (Å²) in [5, 5.41) is 0. The summed E-state index contributed by atoms with van der Waals surface area (Å²) < 4.78 is 10.0. The van der Waals surface area contributed by atoms with Gasteiger partial charge in [-0.3, -0.25) is 9.59 Å². The van der Waals surface area contributed by atoms with Crippen molar-refractivity contribution in [3.63, 3.8) is 0 Å². The first-order chi connectivity index (χ1) is 10.5. The van der Waals surface area contributed by atoms with Crippen LogP contribution in [0.15, 0.2) is 48.5 Å². The molecule has 0 N–H and O–H groups in total. The molecule has 2 aromatic carbocycles. The SMILES string of the molecule is CC(=O)Oc1ccc(C=Cc2cccc(OC(C)=O)c2)cc1. The molecule has 0 aliphatic heterocycles. The summed E-state index contributed by atoms with van der Waals surface area (Å²) in [6.45, 7) is 2.73. The van der Waals surface area contributed by atoms with Gasteiger partial charge in [0.15, 0.2) is 0 Å². The van der Waals surface area contributed by atoms with Gasteiger partial charge in [-0.2, -0.15) is 0 Å². The molecule has 0 unspecified atom stereocenters. The van der Waals surface area contributed by atoms with Crippen molar-refractivity contribution in [3.05, 3.63) is 59.7 Å². The first kappa shape index (κ1) is 15.5. The van der Waals surface area contributed by atoms with Crippen LogP contribution in [0.3, 0.4) is 0 Å². The van der Waals surface area contributed by atoms with E-state index in [1.807, 2.05) is 36.4 Å². The topological polar surface area (TPSA) is 52.6 Å². The molecule has 0 aromatic heterocycles. The Hall–Kier alpha value is -2.88. The van der Waals surface area contributed by atoms with Gasteiger partial charge in [0, 0.05) is 13.8 Å². The standard InChI is InChI=1S/C18H16O4/c1-13(19)21-17-10-8-15(9-11-17)6-7-16-4-3-5-18(12-16)22-14(2)20/h3-12H,1-2H3. The molecule has 0 amide bonds. The summed E-state index contributed by atoms with van der Waals surface area (Å²) in [5.74, 6) is 0.342. The maximum absolute atomic E-state index is 10.9. The second kappa shape index (κ2) is 7.22. The van der Waals surface area contributed by atoms with Crippen molar-refractivity contribution in [1.82, 2.24) is 0 Å². The smallest absolute Gasteiger partial charge is 0.308 e. The van der Waals surface area contributed by atoms with Crippen molar-refractivity contribution in [3.8, 4) is 11.5 Å². The summed E-state index contributed by atoms with van der Waals surface area (Å²) in [4.78, 5) is 21.8. The molecule has 0 radical (unpaired) electrons. The van der Waals surface area contributed by atoms with E-state index in [0.29, 0.717) is 11.5 Å². The molecule has 4 heteroatoms. The van der Waals surface area contributed by atoms with Crippen LogP contribution in [-0.2, 0) is 9.59 Å². The fraction of sp³-hybridized carbons (Fsp3) is 0.111. The van der Waals surface area contributed by atoms with Gasteiger partial charge in [-0.1, -0.05) is 36.4 Å². The summed E-state index contributed by atoms with van der Waals surface area (Å²) in [7, 11) is 0. The number of hydrogen-bond acceptors (Lipinski definition) is 4. The van der Waals surface area contributed by atoms with Crippen LogP contribution in [0.5, 0.6) is 11.5 Å². The quantitative estimate of drug-likeness (QED) is 0.490. The molecule has 0 spiro atoms. The molecule has 0 fully saturated rings. The zero-order valence-corrected chi connectivity index (χ0v) is 12.4. The van der Waals surface area contributed by atoms with E-state index in [-0.39, 0.29) is 11.9 Å². The molecule has 0 saturated heterocycles. The summed E-state index contributed by atoms with van der Waals surface area (Å²) in [6.07, 6.45) is 3.83. The van der Waals surface area contributed by atoms with Crippen LogP contribution in [0.4, 0.5) is 0 Å². The largest absolute Gasteiger partial charge is 0.427 e. The maximum atomic E-state index is 10.9. The molecular formula is C18H16O4. The van der Waals surface area contributed by atoms with Crippen molar-refractivity contribution in [2.45, 2.75) is 13.8 Å². The molecule has 2 aromatic rings. The van der Waals surface area contributed by atoms with Crippen LogP contribution >= 0.6 is 0 Å². The monoisotopic (exact) mass is 296 g/mol. The zero-order chi connectivity index (χ0) is 15.9. The molecular weight excluding hydrogens is 280 g/mol. The van der Waals surface area contributed by atoms with E-state index in [0.717, 1.165) is 11.1 Å². The Bertz CT molecular complexity index is 699. The van der Waals surface area contributed by atoms with Crippen molar-refractivity contribution in [1.29, 1.82) is 0 Å². The first-order valence-electron chi connectivity index (χ1n) is 6.78. The van der Waals surface area contributed by atoms with E-state index in [9.17, 15) is 9.59 Å². The molecule has 0 atom stereocenters. The minimum Gasteiger partial charge on any atom is -0.427 e. The Kier molecular flexibility index (Phi) is 5.09. The van der Waals surface area contributed by atoms with Crippen LogP contribution in [-0.4, -0.2) is 11.9 Å². The Morgan fingerprint density at radius 3 is 2.00 bits per heavy atom. The van der Waals surface area contributed by atoms with E-state index >= 15 is 0 Å². The van der Waals surface area contributed by atoms with Crippen molar-refractivity contribution in [2.24, 2.45) is 0 Å².